The van der Waals surface area contributed by atoms with Crippen LogP contribution in [-0.4, -0.2) is 43.9 Å². The monoisotopic (exact) mass is 332 g/mol. The van der Waals surface area contributed by atoms with Gasteiger partial charge in [-0.2, -0.15) is 0 Å². The summed E-state index contributed by atoms with van der Waals surface area (Å²) in [5.74, 6) is -0.671. The number of hydrogen-bond donors (Lipinski definition) is 4. The van der Waals surface area contributed by atoms with Crippen molar-refractivity contribution in [3.63, 3.8) is 0 Å². The van der Waals surface area contributed by atoms with E-state index in [2.05, 4.69) is 21.3 Å². The Labute approximate surface area is 141 Å². The van der Waals surface area contributed by atoms with Crippen molar-refractivity contribution >= 4 is 23.4 Å². The lowest BCUT2D eigenvalue weighted by atomic mass is 10.1. The molecule has 24 heavy (non-hydrogen) atoms. The van der Waals surface area contributed by atoms with Crippen LogP contribution < -0.4 is 21.3 Å². The smallest absolute Gasteiger partial charge is 0.253 e. The second-order valence-corrected chi connectivity index (χ2v) is 5.83. The van der Waals surface area contributed by atoms with Crippen molar-refractivity contribution < 1.29 is 14.4 Å². The standard InChI is InChI=1S/C17H24N4O3/c1-18-15(22)10-19-11-16(23)21-14-9-5-4-8-13(14)17(24)20-12-6-2-3-7-12/h4-5,8-9,12,19H,2-3,6-7,10-11H2,1H3,(H,18,22)(H,20,24)(H,21,23). The third-order valence-electron chi connectivity index (χ3n) is 3.99. The number of anilines is 1. The number of likely N-dealkylation sites (N-methyl/N-ethyl adjacent to an activating group) is 1. The molecule has 0 spiro atoms. The molecular formula is C17H24N4O3. The van der Waals surface area contributed by atoms with Crippen LogP contribution in [0.5, 0.6) is 0 Å². The minimum absolute atomic E-state index is 0.00794. The third-order valence-corrected chi connectivity index (χ3v) is 3.99. The second kappa shape index (κ2) is 9.02. The first-order chi connectivity index (χ1) is 11.6. The zero-order valence-corrected chi connectivity index (χ0v) is 13.9. The summed E-state index contributed by atoms with van der Waals surface area (Å²) in [6.45, 7) is 0.0553. The summed E-state index contributed by atoms with van der Waals surface area (Å²) >= 11 is 0. The van der Waals surface area contributed by atoms with Crippen molar-refractivity contribution in [1.82, 2.24) is 16.0 Å². The molecule has 1 aromatic rings. The summed E-state index contributed by atoms with van der Waals surface area (Å²) in [6.07, 6.45) is 4.29. The Kier molecular flexibility index (Phi) is 6.74. The lowest BCUT2D eigenvalue weighted by Gasteiger charge is -2.15. The summed E-state index contributed by atoms with van der Waals surface area (Å²) in [5.41, 5.74) is 0.920. The van der Waals surface area contributed by atoms with Gasteiger partial charge in [0.15, 0.2) is 0 Å². The molecule has 2 rings (SSSR count). The normalized spacial score (nSPS) is 14.2. The number of para-hydroxylation sites is 1. The van der Waals surface area contributed by atoms with Crippen molar-refractivity contribution in [2.24, 2.45) is 0 Å². The zero-order chi connectivity index (χ0) is 17.4. The number of amides is 3. The minimum atomic E-state index is -0.306. The molecule has 0 atom stereocenters. The molecule has 1 fully saturated rings. The minimum Gasteiger partial charge on any atom is -0.358 e. The van der Waals surface area contributed by atoms with Gasteiger partial charge in [0.2, 0.25) is 11.8 Å². The Bertz CT molecular complexity index is 597. The number of rotatable bonds is 7. The maximum atomic E-state index is 12.4. The average molecular weight is 332 g/mol. The predicted molar refractivity (Wildman–Crippen MR) is 91.7 cm³/mol. The SMILES string of the molecule is CNC(=O)CNCC(=O)Nc1ccccc1C(=O)NC1CCCC1. The highest BCUT2D eigenvalue weighted by atomic mass is 16.2. The van der Waals surface area contributed by atoms with Crippen LogP contribution >= 0.6 is 0 Å². The Morgan fingerprint density at radius 3 is 2.42 bits per heavy atom. The van der Waals surface area contributed by atoms with Crippen LogP contribution in [0.15, 0.2) is 24.3 Å². The van der Waals surface area contributed by atoms with E-state index >= 15 is 0 Å². The van der Waals surface area contributed by atoms with Crippen molar-refractivity contribution in [1.29, 1.82) is 0 Å². The van der Waals surface area contributed by atoms with Gasteiger partial charge in [-0.15, -0.1) is 0 Å². The Balaban J connectivity index is 1.91. The van der Waals surface area contributed by atoms with Gasteiger partial charge in [0.05, 0.1) is 24.3 Å². The topological polar surface area (TPSA) is 99.3 Å². The van der Waals surface area contributed by atoms with Gasteiger partial charge in [-0.25, -0.2) is 0 Å². The first kappa shape index (κ1) is 17.9. The molecule has 1 saturated carbocycles. The quantitative estimate of drug-likeness (QED) is 0.588. The lowest BCUT2D eigenvalue weighted by molar-refractivity contribution is -0.120. The Hall–Kier alpha value is -2.41. The maximum Gasteiger partial charge on any atom is 0.253 e. The van der Waals surface area contributed by atoms with Gasteiger partial charge in [0.1, 0.15) is 0 Å². The fourth-order valence-corrected chi connectivity index (χ4v) is 2.70. The highest BCUT2D eigenvalue weighted by Crippen LogP contribution is 2.20. The Morgan fingerprint density at radius 2 is 1.71 bits per heavy atom. The summed E-state index contributed by atoms with van der Waals surface area (Å²) < 4.78 is 0. The molecule has 7 nitrogen and oxygen atoms in total. The highest BCUT2D eigenvalue weighted by Gasteiger charge is 2.20. The number of carbonyl (C=O) groups excluding carboxylic acids is 3. The molecule has 4 N–H and O–H groups in total. The van der Waals surface area contributed by atoms with Crippen molar-refractivity contribution in [3.8, 4) is 0 Å². The van der Waals surface area contributed by atoms with Crippen LogP contribution in [0, 0.1) is 0 Å². The van der Waals surface area contributed by atoms with Gasteiger partial charge in [-0.1, -0.05) is 25.0 Å². The van der Waals surface area contributed by atoms with E-state index in [-0.39, 0.29) is 36.9 Å². The molecule has 0 unspecified atom stereocenters. The van der Waals surface area contributed by atoms with E-state index in [9.17, 15) is 14.4 Å². The van der Waals surface area contributed by atoms with Crippen LogP contribution in [0.4, 0.5) is 5.69 Å². The predicted octanol–water partition coefficient (Wildman–Crippen LogP) is 0.633. The van der Waals surface area contributed by atoms with Crippen molar-refractivity contribution in [2.45, 2.75) is 31.7 Å². The maximum absolute atomic E-state index is 12.4. The molecule has 1 aromatic carbocycles. The summed E-state index contributed by atoms with van der Waals surface area (Å²) in [7, 11) is 1.53. The molecule has 3 amide bonds. The van der Waals surface area contributed by atoms with Gasteiger partial charge < -0.3 is 16.0 Å². The van der Waals surface area contributed by atoms with Crippen LogP contribution in [0.3, 0.4) is 0 Å². The molecule has 130 valence electrons. The van der Waals surface area contributed by atoms with Gasteiger partial charge in [0, 0.05) is 13.1 Å². The van der Waals surface area contributed by atoms with E-state index in [1.165, 1.54) is 7.05 Å². The largest absolute Gasteiger partial charge is 0.358 e. The number of hydrogen-bond acceptors (Lipinski definition) is 4. The molecule has 0 saturated heterocycles. The van der Waals surface area contributed by atoms with Gasteiger partial charge in [-0.05, 0) is 25.0 Å². The van der Waals surface area contributed by atoms with Crippen molar-refractivity contribution in [2.75, 3.05) is 25.5 Å². The van der Waals surface area contributed by atoms with E-state index in [1.807, 2.05) is 0 Å². The van der Waals surface area contributed by atoms with E-state index < -0.39 is 0 Å². The second-order valence-electron chi connectivity index (χ2n) is 5.83. The van der Waals surface area contributed by atoms with Crippen LogP contribution in [-0.2, 0) is 9.59 Å². The number of nitrogens with one attached hydrogen (secondary N) is 4. The fraction of sp³-hybridized carbons (Fsp3) is 0.471. The Morgan fingerprint density at radius 1 is 1.04 bits per heavy atom. The summed E-state index contributed by atoms with van der Waals surface area (Å²) in [5, 5.41) is 10.9. The molecule has 0 aliphatic heterocycles. The van der Waals surface area contributed by atoms with Gasteiger partial charge in [0.25, 0.3) is 5.91 Å². The molecule has 0 heterocycles. The number of benzene rings is 1. The van der Waals surface area contributed by atoms with Crippen LogP contribution in [0.2, 0.25) is 0 Å². The average Bonchev–Trinajstić information content (AvgIpc) is 3.08. The molecule has 0 aromatic heterocycles. The molecule has 7 heteroatoms. The molecule has 1 aliphatic carbocycles. The first-order valence-electron chi connectivity index (χ1n) is 8.21. The molecule has 0 radical (unpaired) electrons. The highest BCUT2D eigenvalue weighted by molar-refractivity contribution is 6.04. The van der Waals surface area contributed by atoms with Crippen molar-refractivity contribution in [3.05, 3.63) is 29.8 Å². The van der Waals surface area contributed by atoms with Gasteiger partial charge in [-0.3, -0.25) is 19.7 Å². The van der Waals surface area contributed by atoms with E-state index in [1.54, 1.807) is 24.3 Å². The molecular weight excluding hydrogens is 308 g/mol. The number of carbonyl (C=O) groups is 3. The first-order valence-corrected chi connectivity index (χ1v) is 8.21. The van der Waals surface area contributed by atoms with Gasteiger partial charge >= 0.3 is 0 Å². The van der Waals surface area contributed by atoms with Crippen LogP contribution in [0.1, 0.15) is 36.0 Å². The van der Waals surface area contributed by atoms with E-state index in [0.29, 0.717) is 11.3 Å². The molecule has 0 bridgehead atoms. The fourth-order valence-electron chi connectivity index (χ4n) is 2.70. The summed E-state index contributed by atoms with van der Waals surface area (Å²) in [6, 6.07) is 7.14. The zero-order valence-electron chi connectivity index (χ0n) is 13.9. The third kappa shape index (κ3) is 5.34. The summed E-state index contributed by atoms with van der Waals surface area (Å²) in [4.78, 5) is 35.5. The van der Waals surface area contributed by atoms with Crippen LogP contribution in [0.25, 0.3) is 0 Å². The lowest BCUT2D eigenvalue weighted by Crippen LogP contribution is -2.37. The van der Waals surface area contributed by atoms with E-state index in [4.69, 9.17) is 0 Å². The van der Waals surface area contributed by atoms with E-state index in [0.717, 1.165) is 25.7 Å². The molecule has 1 aliphatic rings.